The predicted molar refractivity (Wildman–Crippen MR) is 139 cm³/mol. The highest BCUT2D eigenvalue weighted by atomic mass is 35.5. The number of nitrogens with two attached hydrogens (primary N) is 1. The van der Waals surface area contributed by atoms with E-state index in [0.717, 1.165) is 5.39 Å². The minimum absolute atomic E-state index is 0. The van der Waals surface area contributed by atoms with Gasteiger partial charge in [0.25, 0.3) is 0 Å². The molecule has 0 bridgehead atoms. The summed E-state index contributed by atoms with van der Waals surface area (Å²) >= 11 is 0. The molecule has 5 rings (SSSR count). The first-order chi connectivity index (χ1) is 16.8. The highest BCUT2D eigenvalue weighted by Gasteiger charge is 2.46. The second-order valence-corrected chi connectivity index (χ2v) is 8.59. The summed E-state index contributed by atoms with van der Waals surface area (Å²) in [6.07, 6.45) is -2.47. The normalized spacial score (nSPS) is 16.9. The van der Waals surface area contributed by atoms with Crippen LogP contribution in [-0.2, 0) is 4.74 Å². The van der Waals surface area contributed by atoms with E-state index in [9.17, 15) is 13.2 Å². The van der Waals surface area contributed by atoms with E-state index in [1.165, 1.54) is 17.2 Å². The van der Waals surface area contributed by atoms with Gasteiger partial charge in [-0.2, -0.15) is 13.2 Å². The van der Waals surface area contributed by atoms with Gasteiger partial charge in [-0.25, -0.2) is 4.98 Å². The minimum Gasteiger partial charge on any atom is -0.491 e. The Kier molecular flexibility index (Phi) is 9.19. The molecule has 2 N–H and O–H groups in total. The van der Waals surface area contributed by atoms with Crippen LogP contribution in [0.25, 0.3) is 28.1 Å². The quantitative estimate of drug-likeness (QED) is 0.335. The summed E-state index contributed by atoms with van der Waals surface area (Å²) in [5.41, 5.74) is 7.59. The van der Waals surface area contributed by atoms with Gasteiger partial charge in [-0.3, -0.25) is 9.30 Å². The van der Waals surface area contributed by atoms with Gasteiger partial charge in [-0.1, -0.05) is 12.1 Å². The Morgan fingerprint density at radius 3 is 2.57 bits per heavy atom. The Labute approximate surface area is 223 Å². The summed E-state index contributed by atoms with van der Waals surface area (Å²) < 4.78 is 54.5. The molecule has 0 radical (unpaired) electrons. The van der Waals surface area contributed by atoms with Crippen LogP contribution in [0.3, 0.4) is 0 Å². The summed E-state index contributed by atoms with van der Waals surface area (Å²) in [7, 11) is 1.60. The number of hydrogen-bond acceptors (Lipinski definition) is 7. The highest BCUT2D eigenvalue weighted by Crippen LogP contribution is 2.39. The second kappa shape index (κ2) is 11.8. The molecule has 2 atom stereocenters. The Morgan fingerprint density at radius 2 is 1.86 bits per heavy atom. The standard InChI is InChI=1S/C24H25F3N6O2.2ClH/c1-34-10-11-35-18-5-2-15-3-6-19(29-20(15)12-18)23-31-30-21-7-4-16(13-33(21)23)22(24(25,26)27)32-9-8-17(28)14-32;;/h2-7,12-13,17,22H,8-11,14,28H2,1H3;2*1H/t17?,22-;;/m1../s1. The molecule has 0 saturated carbocycles. The molecule has 200 valence electrons. The average molecular weight is 559 g/mol. The Balaban J connectivity index is 0.00000190. The van der Waals surface area contributed by atoms with Crippen LogP contribution in [0.1, 0.15) is 18.0 Å². The SMILES string of the molecule is COCCOc1ccc2ccc(-c3nnc4ccc([C@@H](N5CCC(N)C5)C(F)(F)F)cn34)nc2c1.Cl.Cl. The smallest absolute Gasteiger partial charge is 0.408 e. The molecular weight excluding hydrogens is 532 g/mol. The second-order valence-electron chi connectivity index (χ2n) is 8.59. The predicted octanol–water partition coefficient (Wildman–Crippen LogP) is 4.45. The van der Waals surface area contributed by atoms with Crippen LogP contribution in [-0.4, -0.2) is 70.1 Å². The van der Waals surface area contributed by atoms with Crippen molar-refractivity contribution in [1.29, 1.82) is 0 Å². The number of pyridine rings is 2. The third kappa shape index (κ3) is 6.07. The fourth-order valence-electron chi connectivity index (χ4n) is 4.45. The van der Waals surface area contributed by atoms with Gasteiger partial charge in [0, 0.05) is 43.9 Å². The lowest BCUT2D eigenvalue weighted by Gasteiger charge is -2.30. The molecule has 1 fully saturated rings. The van der Waals surface area contributed by atoms with Crippen molar-refractivity contribution in [1.82, 2.24) is 24.5 Å². The number of nitrogens with zero attached hydrogens (tertiary/aromatic N) is 5. The number of ether oxygens (including phenoxy) is 2. The number of aromatic nitrogens is 4. The number of benzene rings is 1. The minimum atomic E-state index is -4.45. The van der Waals surface area contributed by atoms with Crippen LogP contribution in [0.4, 0.5) is 13.2 Å². The van der Waals surface area contributed by atoms with Crippen molar-refractivity contribution < 1.29 is 22.6 Å². The molecule has 0 amide bonds. The molecule has 13 heteroatoms. The highest BCUT2D eigenvalue weighted by molar-refractivity contribution is 5.85. The largest absolute Gasteiger partial charge is 0.491 e. The number of methoxy groups -OCH3 is 1. The third-order valence-corrected chi connectivity index (χ3v) is 6.12. The Hall–Kier alpha value is -2.70. The molecule has 1 aliphatic rings. The molecule has 0 aliphatic carbocycles. The molecule has 1 unspecified atom stereocenters. The molecule has 1 aromatic carbocycles. The van der Waals surface area contributed by atoms with Gasteiger partial charge in [-0.15, -0.1) is 35.0 Å². The summed E-state index contributed by atoms with van der Waals surface area (Å²) in [6.45, 7) is 1.35. The molecule has 1 aliphatic heterocycles. The lowest BCUT2D eigenvalue weighted by molar-refractivity contribution is -0.183. The van der Waals surface area contributed by atoms with E-state index in [-0.39, 0.29) is 43.0 Å². The van der Waals surface area contributed by atoms with Gasteiger partial charge >= 0.3 is 6.18 Å². The number of fused-ring (bicyclic) bond motifs is 2. The monoisotopic (exact) mass is 558 g/mol. The number of likely N-dealkylation sites (tertiary alicyclic amines) is 1. The fraction of sp³-hybridized carbons (Fsp3) is 0.375. The van der Waals surface area contributed by atoms with Gasteiger partial charge in [0.1, 0.15) is 24.1 Å². The maximum Gasteiger partial charge on any atom is 0.408 e. The van der Waals surface area contributed by atoms with E-state index in [1.54, 1.807) is 29.7 Å². The van der Waals surface area contributed by atoms with E-state index < -0.39 is 12.2 Å². The Bertz CT molecular complexity index is 1350. The van der Waals surface area contributed by atoms with Gasteiger partial charge in [0.05, 0.1) is 12.1 Å². The number of alkyl halides is 3. The lowest BCUT2D eigenvalue weighted by Crippen LogP contribution is -2.38. The number of halogens is 5. The lowest BCUT2D eigenvalue weighted by atomic mass is 10.1. The van der Waals surface area contributed by atoms with Gasteiger partial charge in [-0.05, 0) is 36.2 Å². The molecule has 37 heavy (non-hydrogen) atoms. The maximum absolute atomic E-state index is 14.1. The first kappa shape index (κ1) is 28.9. The van der Waals surface area contributed by atoms with Crippen LogP contribution in [0.15, 0.2) is 48.7 Å². The zero-order chi connectivity index (χ0) is 24.6. The van der Waals surface area contributed by atoms with Gasteiger partial charge in [0.15, 0.2) is 11.5 Å². The topological polar surface area (TPSA) is 90.8 Å². The third-order valence-electron chi connectivity index (χ3n) is 6.12. The van der Waals surface area contributed by atoms with Crippen LogP contribution < -0.4 is 10.5 Å². The van der Waals surface area contributed by atoms with Crippen molar-refractivity contribution in [3.05, 3.63) is 54.2 Å². The summed E-state index contributed by atoms with van der Waals surface area (Å²) in [5, 5.41) is 9.24. The molecule has 4 heterocycles. The van der Waals surface area contributed by atoms with E-state index >= 15 is 0 Å². The van der Waals surface area contributed by atoms with E-state index in [4.69, 9.17) is 15.2 Å². The van der Waals surface area contributed by atoms with Crippen LogP contribution in [0, 0.1) is 0 Å². The molecule has 3 aromatic heterocycles. The fourth-order valence-corrected chi connectivity index (χ4v) is 4.45. The number of rotatable bonds is 7. The molecular formula is C24H27Cl2F3N6O2. The first-order valence-electron chi connectivity index (χ1n) is 11.3. The summed E-state index contributed by atoms with van der Waals surface area (Å²) in [4.78, 5) is 6.07. The van der Waals surface area contributed by atoms with E-state index in [1.807, 2.05) is 18.2 Å². The van der Waals surface area contributed by atoms with Crippen LogP contribution >= 0.6 is 24.8 Å². The van der Waals surface area contributed by atoms with Gasteiger partial charge < -0.3 is 15.2 Å². The van der Waals surface area contributed by atoms with E-state index in [2.05, 4.69) is 15.2 Å². The molecule has 8 nitrogen and oxygen atoms in total. The molecule has 4 aromatic rings. The first-order valence-corrected chi connectivity index (χ1v) is 11.3. The number of hydrogen-bond donors (Lipinski definition) is 1. The van der Waals surface area contributed by atoms with Crippen molar-refractivity contribution in [3.8, 4) is 17.3 Å². The van der Waals surface area contributed by atoms with E-state index in [0.29, 0.717) is 54.6 Å². The van der Waals surface area contributed by atoms with Gasteiger partial charge in [0.2, 0.25) is 0 Å². The molecule has 1 saturated heterocycles. The molecule has 0 spiro atoms. The summed E-state index contributed by atoms with van der Waals surface area (Å²) in [5.74, 6) is 0.998. The van der Waals surface area contributed by atoms with Crippen molar-refractivity contribution in [2.24, 2.45) is 5.73 Å². The maximum atomic E-state index is 14.1. The van der Waals surface area contributed by atoms with Crippen molar-refractivity contribution in [2.45, 2.75) is 24.7 Å². The summed E-state index contributed by atoms with van der Waals surface area (Å²) in [6, 6.07) is 10.2. The van der Waals surface area contributed by atoms with Crippen LogP contribution in [0.2, 0.25) is 0 Å². The van der Waals surface area contributed by atoms with Crippen molar-refractivity contribution >= 4 is 41.4 Å². The van der Waals surface area contributed by atoms with Crippen LogP contribution in [0.5, 0.6) is 5.75 Å². The average Bonchev–Trinajstić information content (AvgIpc) is 3.44. The Morgan fingerprint density at radius 1 is 1.08 bits per heavy atom. The zero-order valence-electron chi connectivity index (χ0n) is 19.9. The zero-order valence-corrected chi connectivity index (χ0v) is 21.5. The van der Waals surface area contributed by atoms with Crippen molar-refractivity contribution in [2.75, 3.05) is 33.4 Å². The van der Waals surface area contributed by atoms with Crippen molar-refractivity contribution in [3.63, 3.8) is 0 Å².